The van der Waals surface area contributed by atoms with Crippen LogP contribution >= 0.6 is 7.82 Å². The fourth-order valence-corrected chi connectivity index (χ4v) is 5.99. The molecule has 0 saturated carbocycles. The highest BCUT2D eigenvalue weighted by Crippen LogP contribution is 2.43. The molecular weight excluding hydrogens is 729 g/mol. The van der Waals surface area contributed by atoms with Crippen molar-refractivity contribution in [3.05, 3.63) is 48.6 Å². The zero-order valence-corrected chi connectivity index (χ0v) is 34.4. The minimum atomic E-state index is -4.78. The van der Waals surface area contributed by atoms with Crippen LogP contribution in [0.2, 0.25) is 0 Å². The van der Waals surface area contributed by atoms with E-state index >= 15 is 0 Å². The number of allylic oxidation sites excluding steroid dienone is 7. The van der Waals surface area contributed by atoms with Crippen LogP contribution in [-0.2, 0) is 37.5 Å². The summed E-state index contributed by atoms with van der Waals surface area (Å²) in [6, 6.07) is -1.56. The summed E-state index contributed by atoms with van der Waals surface area (Å²) in [5.74, 6) is -2.70. The molecule has 0 saturated heterocycles. The van der Waals surface area contributed by atoms with Gasteiger partial charge < -0.3 is 35.4 Å². The molecule has 0 bridgehead atoms. The van der Waals surface area contributed by atoms with Gasteiger partial charge in [-0.1, -0.05) is 133 Å². The molecule has 1 unspecified atom stereocenters. The highest BCUT2D eigenvalue weighted by molar-refractivity contribution is 7.47. The molecule has 5 atom stereocenters. The Morgan fingerprint density at radius 2 is 1.13 bits per heavy atom. The van der Waals surface area contributed by atoms with E-state index in [-0.39, 0.29) is 32.1 Å². The average Bonchev–Trinajstić information content (AvgIpc) is 3.15. The van der Waals surface area contributed by atoms with Crippen molar-refractivity contribution < 1.29 is 57.7 Å². The highest BCUT2D eigenvalue weighted by Gasteiger charge is 2.28. The quantitative estimate of drug-likeness (QED) is 0.0174. The average molecular weight is 802 g/mol. The van der Waals surface area contributed by atoms with Crippen LogP contribution in [0.15, 0.2) is 48.6 Å². The summed E-state index contributed by atoms with van der Waals surface area (Å²) < 4.78 is 32.4. The van der Waals surface area contributed by atoms with Crippen LogP contribution in [-0.4, -0.2) is 82.3 Å². The monoisotopic (exact) mass is 801 g/mol. The number of aliphatic hydroxyl groups excluding tert-OH is 2. The van der Waals surface area contributed by atoms with E-state index in [0.29, 0.717) is 12.8 Å². The Balaban J connectivity index is 4.65. The molecule has 0 radical (unpaired) electrons. The SMILES string of the molecule is CC/C=C\C/C=C\C/C=C\C/C=C\C[C@H](O)[C@@H](O)CCCC(=O)OC[C@H](COP(=O)(O)OC[C@H](N)C(=O)O)OC(=O)CCCCCCCCCCCCCC. The zero-order valence-electron chi connectivity index (χ0n) is 33.5. The van der Waals surface area contributed by atoms with E-state index in [1.54, 1.807) is 6.08 Å². The maximum Gasteiger partial charge on any atom is 0.472 e. The van der Waals surface area contributed by atoms with Crippen LogP contribution in [0, 0.1) is 0 Å². The van der Waals surface area contributed by atoms with Crippen molar-refractivity contribution in [2.45, 2.75) is 173 Å². The zero-order chi connectivity index (χ0) is 41.0. The molecule has 0 aromatic rings. The predicted octanol–water partition coefficient (Wildman–Crippen LogP) is 8.17. The number of phosphoric acid groups is 1. The highest BCUT2D eigenvalue weighted by atomic mass is 31.2. The van der Waals surface area contributed by atoms with Crippen LogP contribution in [0.5, 0.6) is 0 Å². The van der Waals surface area contributed by atoms with Gasteiger partial charge in [-0.2, -0.15) is 0 Å². The largest absolute Gasteiger partial charge is 0.480 e. The smallest absolute Gasteiger partial charge is 0.472 e. The number of carboxylic acid groups (broad SMARTS) is 1. The normalized spacial score (nSPS) is 15.5. The van der Waals surface area contributed by atoms with Crippen LogP contribution in [0.1, 0.15) is 149 Å². The molecule has 14 heteroatoms. The lowest BCUT2D eigenvalue weighted by atomic mass is 10.0. The molecule has 6 N–H and O–H groups in total. The second-order valence-electron chi connectivity index (χ2n) is 13.7. The first-order valence-electron chi connectivity index (χ1n) is 20.3. The number of carboxylic acids is 1. The van der Waals surface area contributed by atoms with E-state index in [0.717, 1.165) is 44.9 Å². The van der Waals surface area contributed by atoms with Gasteiger partial charge in [-0.25, -0.2) is 4.57 Å². The molecule has 0 amide bonds. The summed E-state index contributed by atoms with van der Waals surface area (Å²) in [6.07, 6.45) is 30.7. The Labute approximate surface area is 330 Å². The lowest BCUT2D eigenvalue weighted by molar-refractivity contribution is -0.161. The van der Waals surface area contributed by atoms with Crippen molar-refractivity contribution in [3.8, 4) is 0 Å². The van der Waals surface area contributed by atoms with Gasteiger partial charge in [0.25, 0.3) is 0 Å². The summed E-state index contributed by atoms with van der Waals surface area (Å²) in [4.78, 5) is 45.9. The van der Waals surface area contributed by atoms with Gasteiger partial charge in [-0.15, -0.1) is 0 Å². The minimum absolute atomic E-state index is 0.0944. The third kappa shape index (κ3) is 34.3. The molecule has 0 aliphatic rings. The number of hydrogen-bond acceptors (Lipinski definition) is 11. The molecule has 0 aliphatic carbocycles. The molecule has 13 nitrogen and oxygen atoms in total. The van der Waals surface area contributed by atoms with E-state index in [1.165, 1.54) is 44.9 Å². The number of carbonyl (C=O) groups excluding carboxylic acids is 2. The van der Waals surface area contributed by atoms with E-state index in [1.807, 2.05) is 12.2 Å². The van der Waals surface area contributed by atoms with E-state index < -0.39 is 69.9 Å². The Morgan fingerprint density at radius 3 is 1.67 bits per heavy atom. The van der Waals surface area contributed by atoms with Crippen molar-refractivity contribution in [1.29, 1.82) is 0 Å². The lowest BCUT2D eigenvalue weighted by Crippen LogP contribution is -2.34. The number of ether oxygens (including phenoxy) is 2. The van der Waals surface area contributed by atoms with Gasteiger partial charge in [0.05, 0.1) is 25.4 Å². The fourth-order valence-electron chi connectivity index (χ4n) is 5.21. The number of esters is 2. The summed E-state index contributed by atoms with van der Waals surface area (Å²) in [6.45, 7) is 2.36. The van der Waals surface area contributed by atoms with Crippen LogP contribution in [0.25, 0.3) is 0 Å². The number of phosphoric ester groups is 1. The van der Waals surface area contributed by atoms with Crippen LogP contribution in [0.4, 0.5) is 0 Å². The van der Waals surface area contributed by atoms with Crippen molar-refractivity contribution >= 4 is 25.7 Å². The first kappa shape index (κ1) is 52.4. The van der Waals surface area contributed by atoms with Crippen molar-refractivity contribution in [1.82, 2.24) is 0 Å². The van der Waals surface area contributed by atoms with Crippen molar-refractivity contribution in [2.75, 3.05) is 19.8 Å². The summed E-state index contributed by atoms with van der Waals surface area (Å²) in [5, 5.41) is 29.5. The summed E-state index contributed by atoms with van der Waals surface area (Å²) in [7, 11) is -4.78. The Morgan fingerprint density at radius 1 is 0.636 bits per heavy atom. The molecule has 0 heterocycles. The standard InChI is InChI=1S/C41H72NO12P/c1-3-5-7-9-11-13-15-17-19-21-23-25-28-37(43)38(44)29-27-31-39(45)51-32-35(33-52-55(49,50)53-34-36(42)41(47)48)54-40(46)30-26-24-22-20-18-16-14-12-10-8-6-4-2/h5,7,11,13,17,19,23,25,35-38,43-44H,3-4,6,8-10,12,14-16,18,20-22,24,26-34,42H2,1-2H3,(H,47,48)(H,49,50)/b7-5-,13-11-,19-17-,25-23-/t35-,36+,37+,38+/m1/s1. The number of hydrogen-bond donors (Lipinski definition) is 5. The van der Waals surface area contributed by atoms with Crippen molar-refractivity contribution in [2.24, 2.45) is 5.73 Å². The maximum atomic E-state index is 12.6. The number of carbonyl (C=O) groups is 3. The topological polar surface area (TPSA) is 212 Å². The van der Waals surface area contributed by atoms with Gasteiger partial charge >= 0.3 is 25.7 Å². The molecule has 0 aromatic heterocycles. The van der Waals surface area contributed by atoms with Gasteiger partial charge in [-0.3, -0.25) is 23.4 Å². The molecule has 0 aromatic carbocycles. The van der Waals surface area contributed by atoms with Crippen molar-refractivity contribution in [3.63, 3.8) is 0 Å². The number of rotatable bonds is 37. The van der Waals surface area contributed by atoms with Crippen LogP contribution < -0.4 is 5.73 Å². The van der Waals surface area contributed by atoms with E-state index in [9.17, 15) is 34.1 Å². The fraction of sp³-hybridized carbons (Fsp3) is 0.732. The Hall–Kier alpha value is -2.64. The number of aliphatic hydroxyl groups is 2. The Kier molecular flexibility index (Phi) is 34.0. The Bertz CT molecular complexity index is 1160. The molecule has 0 fully saturated rings. The first-order valence-corrected chi connectivity index (χ1v) is 21.8. The second-order valence-corrected chi connectivity index (χ2v) is 15.2. The van der Waals surface area contributed by atoms with E-state index in [2.05, 4.69) is 48.8 Å². The predicted molar refractivity (Wildman–Crippen MR) is 215 cm³/mol. The number of nitrogens with two attached hydrogens (primary N) is 1. The number of aliphatic carboxylic acids is 1. The van der Waals surface area contributed by atoms with Gasteiger partial charge in [0.1, 0.15) is 12.6 Å². The third-order valence-electron chi connectivity index (χ3n) is 8.54. The van der Waals surface area contributed by atoms with Gasteiger partial charge in [0.15, 0.2) is 6.10 Å². The minimum Gasteiger partial charge on any atom is -0.480 e. The lowest BCUT2D eigenvalue weighted by Gasteiger charge is -2.20. The molecule has 0 aliphatic heterocycles. The molecule has 0 rings (SSSR count). The molecular formula is C41H72NO12P. The maximum absolute atomic E-state index is 12.6. The van der Waals surface area contributed by atoms with Gasteiger partial charge in [0, 0.05) is 12.8 Å². The second kappa shape index (κ2) is 35.8. The van der Waals surface area contributed by atoms with Crippen LogP contribution in [0.3, 0.4) is 0 Å². The van der Waals surface area contributed by atoms with Gasteiger partial charge in [0.2, 0.25) is 0 Å². The summed E-state index contributed by atoms with van der Waals surface area (Å²) >= 11 is 0. The van der Waals surface area contributed by atoms with E-state index in [4.69, 9.17) is 24.8 Å². The van der Waals surface area contributed by atoms with Gasteiger partial charge in [-0.05, 0) is 51.4 Å². The summed E-state index contributed by atoms with van der Waals surface area (Å²) in [5.41, 5.74) is 5.31. The molecule has 55 heavy (non-hydrogen) atoms. The number of unbranched alkanes of at least 4 members (excludes halogenated alkanes) is 11. The third-order valence-corrected chi connectivity index (χ3v) is 9.49. The first-order chi connectivity index (χ1) is 26.4. The molecule has 0 spiro atoms. The molecule has 318 valence electrons.